The number of benzene rings is 1. The summed E-state index contributed by atoms with van der Waals surface area (Å²) in [4.78, 5) is 20.2. The van der Waals surface area contributed by atoms with Crippen LogP contribution < -0.4 is 4.74 Å². The summed E-state index contributed by atoms with van der Waals surface area (Å²) in [7, 11) is 1.26. The Labute approximate surface area is 142 Å². The van der Waals surface area contributed by atoms with Crippen molar-refractivity contribution in [2.24, 2.45) is 0 Å². The molecule has 8 heteroatoms. The van der Waals surface area contributed by atoms with Gasteiger partial charge in [-0.25, -0.2) is 18.6 Å². The number of thioether (sulfide) groups is 1. The first-order valence-electron chi connectivity index (χ1n) is 6.92. The Morgan fingerprint density at radius 2 is 1.88 bits per heavy atom. The Morgan fingerprint density at radius 3 is 2.46 bits per heavy atom. The van der Waals surface area contributed by atoms with Gasteiger partial charge in [-0.1, -0.05) is 11.8 Å². The van der Waals surface area contributed by atoms with Gasteiger partial charge >= 0.3 is 5.97 Å². The highest BCUT2D eigenvalue weighted by Gasteiger charge is 2.32. The van der Waals surface area contributed by atoms with E-state index in [0.29, 0.717) is 16.4 Å². The van der Waals surface area contributed by atoms with Gasteiger partial charge in [-0.3, -0.25) is 0 Å². The molecule has 0 saturated heterocycles. The van der Waals surface area contributed by atoms with Crippen molar-refractivity contribution in [1.29, 1.82) is 0 Å². The normalized spacial score (nSPS) is 11.2. The Kier molecular flexibility index (Phi) is 5.38. The molecule has 24 heavy (non-hydrogen) atoms. The molecule has 0 spiro atoms. The van der Waals surface area contributed by atoms with Gasteiger partial charge in [0, 0.05) is 11.6 Å². The molecule has 0 bridgehead atoms. The predicted molar refractivity (Wildman–Crippen MR) is 85.9 cm³/mol. The minimum absolute atomic E-state index is 0.129. The van der Waals surface area contributed by atoms with Gasteiger partial charge in [0.1, 0.15) is 0 Å². The molecule has 0 radical (unpaired) electrons. The number of halogens is 2. The van der Waals surface area contributed by atoms with Crippen molar-refractivity contribution in [2.75, 3.05) is 13.4 Å². The monoisotopic (exact) mass is 354 g/mol. The topological polar surface area (TPSA) is 61.3 Å². The van der Waals surface area contributed by atoms with Crippen LogP contribution in [0.2, 0.25) is 0 Å². The molecule has 0 saturated carbocycles. The van der Waals surface area contributed by atoms with Crippen LogP contribution in [0.25, 0.3) is 11.3 Å². The molecule has 0 unspecified atom stereocenters. The smallest absolute Gasteiger partial charge is 0.349 e. The third-order valence-corrected chi connectivity index (χ3v) is 3.66. The van der Waals surface area contributed by atoms with E-state index in [1.165, 1.54) is 44.9 Å². The van der Waals surface area contributed by atoms with E-state index in [2.05, 4.69) is 14.7 Å². The third kappa shape index (κ3) is 4.00. The molecule has 1 aromatic carbocycles. The first-order valence-corrected chi connectivity index (χ1v) is 8.15. The zero-order valence-electron chi connectivity index (χ0n) is 13.6. The molecule has 2 rings (SSSR count). The number of hydrogen-bond acceptors (Lipinski definition) is 6. The van der Waals surface area contributed by atoms with Gasteiger partial charge in [-0.15, -0.1) is 0 Å². The fraction of sp³-hybridized carbons (Fsp3) is 0.312. The van der Waals surface area contributed by atoms with E-state index in [0.717, 1.165) is 12.1 Å². The second-order valence-electron chi connectivity index (χ2n) is 5.31. The molecule has 0 amide bonds. The van der Waals surface area contributed by atoms with Crippen LogP contribution in [0.3, 0.4) is 0 Å². The van der Waals surface area contributed by atoms with Crippen molar-refractivity contribution in [3.63, 3.8) is 0 Å². The maximum atomic E-state index is 13.5. The number of rotatable bonds is 5. The average Bonchev–Trinajstić information content (AvgIpc) is 2.55. The second-order valence-corrected chi connectivity index (χ2v) is 6.08. The van der Waals surface area contributed by atoms with Gasteiger partial charge in [0.15, 0.2) is 16.8 Å². The fourth-order valence-corrected chi connectivity index (χ4v) is 2.27. The van der Waals surface area contributed by atoms with Gasteiger partial charge in [0.25, 0.3) is 0 Å². The van der Waals surface area contributed by atoms with Crippen LogP contribution in [0.4, 0.5) is 8.78 Å². The Morgan fingerprint density at radius 1 is 1.17 bits per heavy atom. The van der Waals surface area contributed by atoms with Gasteiger partial charge < -0.3 is 9.47 Å². The van der Waals surface area contributed by atoms with E-state index < -0.39 is 23.2 Å². The van der Waals surface area contributed by atoms with Crippen molar-refractivity contribution in [2.45, 2.75) is 24.6 Å². The number of aromatic nitrogens is 2. The third-order valence-electron chi connectivity index (χ3n) is 3.12. The summed E-state index contributed by atoms with van der Waals surface area (Å²) >= 11 is 1.25. The zero-order valence-corrected chi connectivity index (χ0v) is 14.4. The minimum Gasteiger partial charge on any atom is -0.466 e. The van der Waals surface area contributed by atoms with E-state index in [1.54, 1.807) is 6.26 Å². The van der Waals surface area contributed by atoms with E-state index in [4.69, 9.17) is 4.74 Å². The lowest BCUT2D eigenvalue weighted by atomic mass is 10.1. The maximum absolute atomic E-state index is 13.5. The van der Waals surface area contributed by atoms with Crippen LogP contribution in [0.15, 0.2) is 29.4 Å². The Hall–Kier alpha value is -2.22. The summed E-state index contributed by atoms with van der Waals surface area (Å²) in [5, 5.41) is 0.368. The summed E-state index contributed by atoms with van der Waals surface area (Å²) in [5.41, 5.74) is -0.541. The molecule has 2 aromatic rings. The minimum atomic E-state index is -1.26. The number of carbonyl (C=O) groups excluding carboxylic acids is 1. The second kappa shape index (κ2) is 7.12. The predicted octanol–water partition coefficient (Wildman–Crippen LogP) is 3.47. The summed E-state index contributed by atoms with van der Waals surface area (Å²) in [6, 6.07) is 4.92. The molecule has 0 aliphatic heterocycles. The maximum Gasteiger partial charge on any atom is 0.349 e. The lowest BCUT2D eigenvalue weighted by Crippen LogP contribution is -2.39. The molecular formula is C16H16F2N2O3S. The highest BCUT2D eigenvalue weighted by molar-refractivity contribution is 7.98. The van der Waals surface area contributed by atoms with Crippen LogP contribution in [-0.2, 0) is 9.53 Å². The van der Waals surface area contributed by atoms with Crippen molar-refractivity contribution >= 4 is 17.7 Å². The van der Waals surface area contributed by atoms with Crippen LogP contribution >= 0.6 is 11.8 Å². The van der Waals surface area contributed by atoms with Crippen LogP contribution in [0.5, 0.6) is 5.88 Å². The molecule has 1 heterocycles. The molecule has 0 aliphatic rings. The van der Waals surface area contributed by atoms with Gasteiger partial charge in [0.2, 0.25) is 11.5 Å². The molecule has 0 atom stereocenters. The molecule has 0 N–H and O–H groups in total. The zero-order chi connectivity index (χ0) is 17.9. The van der Waals surface area contributed by atoms with Crippen molar-refractivity contribution < 1.29 is 23.0 Å². The number of carbonyl (C=O) groups is 1. The van der Waals surface area contributed by atoms with Gasteiger partial charge in [0.05, 0.1) is 12.8 Å². The van der Waals surface area contributed by atoms with E-state index in [9.17, 15) is 13.6 Å². The highest BCUT2D eigenvalue weighted by atomic mass is 32.2. The van der Waals surface area contributed by atoms with E-state index in [1.807, 2.05) is 0 Å². The number of methoxy groups -OCH3 is 1. The van der Waals surface area contributed by atoms with Crippen LogP contribution in [0, 0.1) is 11.6 Å². The number of ether oxygens (including phenoxy) is 2. The largest absolute Gasteiger partial charge is 0.466 e. The van der Waals surface area contributed by atoms with Crippen molar-refractivity contribution in [3.8, 4) is 17.1 Å². The lowest BCUT2D eigenvalue weighted by molar-refractivity contribution is -0.156. The van der Waals surface area contributed by atoms with Crippen molar-refractivity contribution in [3.05, 3.63) is 35.9 Å². The summed E-state index contributed by atoms with van der Waals surface area (Å²) in [6.07, 6.45) is 1.76. The van der Waals surface area contributed by atoms with Gasteiger partial charge in [-0.2, -0.15) is 4.98 Å². The summed E-state index contributed by atoms with van der Waals surface area (Å²) in [6.45, 7) is 3.08. The summed E-state index contributed by atoms with van der Waals surface area (Å²) < 4.78 is 36.8. The number of esters is 1. The van der Waals surface area contributed by atoms with Crippen LogP contribution in [0.1, 0.15) is 13.8 Å². The highest BCUT2D eigenvalue weighted by Crippen LogP contribution is 2.27. The first-order chi connectivity index (χ1) is 11.3. The molecule has 0 fully saturated rings. The number of nitrogens with zero attached hydrogens (tertiary/aromatic N) is 2. The molecule has 5 nitrogen and oxygen atoms in total. The van der Waals surface area contributed by atoms with Gasteiger partial charge in [-0.05, 0) is 38.3 Å². The molecular weight excluding hydrogens is 338 g/mol. The molecule has 0 aliphatic carbocycles. The Bertz CT molecular complexity index is 769. The first kappa shape index (κ1) is 18.1. The SMILES string of the molecule is COC(=O)C(C)(C)Oc1cc(-c2ccc(F)c(F)c2)nc(SC)n1. The Balaban J connectivity index is 2.44. The quantitative estimate of drug-likeness (QED) is 0.465. The summed E-state index contributed by atoms with van der Waals surface area (Å²) in [5.74, 6) is -2.36. The number of hydrogen-bond donors (Lipinski definition) is 0. The fourth-order valence-electron chi connectivity index (χ4n) is 1.90. The average molecular weight is 354 g/mol. The molecule has 1 aromatic heterocycles. The standard InChI is InChI=1S/C16H16F2N2O3S/c1-16(2,14(21)22-3)23-13-8-12(19-15(20-13)24-4)9-5-6-10(17)11(18)7-9/h5-8H,1-4H3. The lowest BCUT2D eigenvalue weighted by Gasteiger charge is -2.23. The van der Waals surface area contributed by atoms with E-state index in [-0.39, 0.29) is 5.88 Å². The van der Waals surface area contributed by atoms with Crippen LogP contribution in [-0.4, -0.2) is 34.9 Å². The van der Waals surface area contributed by atoms with E-state index >= 15 is 0 Å². The van der Waals surface area contributed by atoms with Crippen molar-refractivity contribution in [1.82, 2.24) is 9.97 Å². The molecule has 128 valence electrons.